The van der Waals surface area contributed by atoms with E-state index >= 15 is 0 Å². The molecule has 0 radical (unpaired) electrons. The standard InChI is InChI=1S/C28H27ClFNO3/c29-16-6-2-1-3-12-23-24-19-21(30)14-15-25(24)31(27(23)28(32)33)17-8-18-34-26-13-7-10-20-9-4-5-11-22(20)26/h3-5,7,9-15,19H,1-2,6,8,16-18H2,(H,32,33). The number of carboxylic acid groups (broad SMARTS) is 1. The Labute approximate surface area is 203 Å². The Kier molecular flexibility index (Phi) is 7.86. The van der Waals surface area contributed by atoms with Gasteiger partial charge in [-0.25, -0.2) is 9.18 Å². The summed E-state index contributed by atoms with van der Waals surface area (Å²) in [5, 5.41) is 12.8. The molecule has 0 spiro atoms. The van der Waals surface area contributed by atoms with Crippen LogP contribution in [0.4, 0.5) is 4.39 Å². The number of unbranched alkanes of at least 4 members (excludes halogenated alkanes) is 2. The van der Waals surface area contributed by atoms with Crippen molar-refractivity contribution in [2.75, 3.05) is 12.5 Å². The second kappa shape index (κ2) is 11.2. The summed E-state index contributed by atoms with van der Waals surface area (Å²) in [7, 11) is 0. The summed E-state index contributed by atoms with van der Waals surface area (Å²) < 4.78 is 21.8. The molecule has 0 bridgehead atoms. The average molecular weight is 480 g/mol. The van der Waals surface area contributed by atoms with E-state index in [-0.39, 0.29) is 5.69 Å². The Morgan fingerprint density at radius 2 is 1.85 bits per heavy atom. The van der Waals surface area contributed by atoms with Crippen LogP contribution in [0.2, 0.25) is 0 Å². The highest BCUT2D eigenvalue weighted by Crippen LogP contribution is 2.30. The number of rotatable bonds is 11. The number of benzene rings is 3. The first-order valence-corrected chi connectivity index (χ1v) is 12.0. The molecule has 4 rings (SSSR count). The zero-order valence-corrected chi connectivity index (χ0v) is 19.6. The van der Waals surface area contributed by atoms with Crippen LogP contribution in [0.25, 0.3) is 27.8 Å². The molecule has 1 heterocycles. The maximum Gasteiger partial charge on any atom is 0.353 e. The number of aryl methyl sites for hydroxylation is 1. The van der Waals surface area contributed by atoms with Gasteiger partial charge in [0.25, 0.3) is 0 Å². The van der Waals surface area contributed by atoms with E-state index in [9.17, 15) is 14.3 Å². The van der Waals surface area contributed by atoms with Gasteiger partial charge in [0.15, 0.2) is 0 Å². The second-order valence-corrected chi connectivity index (χ2v) is 8.52. The number of hydrogen-bond acceptors (Lipinski definition) is 2. The van der Waals surface area contributed by atoms with Gasteiger partial charge in [-0.2, -0.15) is 0 Å². The monoisotopic (exact) mass is 479 g/mol. The van der Waals surface area contributed by atoms with Gasteiger partial charge < -0.3 is 14.4 Å². The zero-order valence-electron chi connectivity index (χ0n) is 18.8. The number of nitrogens with zero attached hydrogens (tertiary/aromatic N) is 1. The molecule has 6 heteroatoms. The summed E-state index contributed by atoms with van der Waals surface area (Å²) in [4.78, 5) is 12.2. The number of alkyl halides is 1. The first kappa shape index (κ1) is 23.8. The quantitative estimate of drug-likeness (QED) is 0.179. The van der Waals surface area contributed by atoms with Crippen LogP contribution < -0.4 is 4.74 Å². The highest BCUT2D eigenvalue weighted by Gasteiger charge is 2.21. The number of fused-ring (bicyclic) bond motifs is 2. The van der Waals surface area contributed by atoms with Gasteiger partial charge in [0.05, 0.1) is 6.61 Å². The molecule has 34 heavy (non-hydrogen) atoms. The van der Waals surface area contributed by atoms with Crippen LogP contribution in [0.3, 0.4) is 0 Å². The van der Waals surface area contributed by atoms with Crippen molar-refractivity contribution in [1.29, 1.82) is 0 Å². The van der Waals surface area contributed by atoms with Gasteiger partial charge >= 0.3 is 5.97 Å². The molecule has 0 saturated carbocycles. The molecule has 0 atom stereocenters. The lowest BCUT2D eigenvalue weighted by molar-refractivity contribution is 0.0685. The predicted octanol–water partition coefficient (Wildman–Crippen LogP) is 7.52. The molecular weight excluding hydrogens is 453 g/mol. The zero-order chi connectivity index (χ0) is 23.9. The molecule has 0 fully saturated rings. The lowest BCUT2D eigenvalue weighted by Gasteiger charge is -2.11. The summed E-state index contributed by atoms with van der Waals surface area (Å²) >= 11 is 5.73. The van der Waals surface area contributed by atoms with Gasteiger partial charge in [-0.1, -0.05) is 48.6 Å². The summed E-state index contributed by atoms with van der Waals surface area (Å²) in [6.45, 7) is 0.867. The number of allylic oxidation sites excluding steroid dienone is 1. The van der Waals surface area contributed by atoms with Crippen LogP contribution in [0.15, 0.2) is 66.7 Å². The number of aromatic nitrogens is 1. The molecule has 0 saturated heterocycles. The van der Waals surface area contributed by atoms with Gasteiger partial charge in [0.1, 0.15) is 17.3 Å². The third kappa shape index (κ3) is 5.26. The van der Waals surface area contributed by atoms with Crippen molar-refractivity contribution < 1.29 is 19.0 Å². The molecule has 0 aliphatic rings. The van der Waals surface area contributed by atoms with Crippen molar-refractivity contribution in [3.05, 3.63) is 83.8 Å². The third-order valence-corrected chi connectivity index (χ3v) is 6.11. The number of aromatic carboxylic acids is 1. The maximum atomic E-state index is 14.1. The average Bonchev–Trinajstić information content (AvgIpc) is 3.14. The summed E-state index contributed by atoms with van der Waals surface area (Å²) in [6.07, 6.45) is 6.93. The van der Waals surface area contributed by atoms with Crippen LogP contribution >= 0.6 is 11.6 Å². The minimum atomic E-state index is -1.04. The number of ether oxygens (including phenoxy) is 1. The molecule has 4 nitrogen and oxygen atoms in total. The maximum absolute atomic E-state index is 14.1. The molecule has 0 unspecified atom stereocenters. The Balaban J connectivity index is 1.56. The van der Waals surface area contributed by atoms with Crippen molar-refractivity contribution in [2.24, 2.45) is 0 Å². The number of halogens is 2. The van der Waals surface area contributed by atoms with Gasteiger partial charge in [-0.15, -0.1) is 11.6 Å². The molecule has 4 aromatic rings. The fourth-order valence-corrected chi connectivity index (χ4v) is 4.46. The van der Waals surface area contributed by atoms with Crippen molar-refractivity contribution >= 4 is 45.3 Å². The van der Waals surface area contributed by atoms with Gasteiger partial charge in [0.2, 0.25) is 0 Å². The van der Waals surface area contributed by atoms with Crippen molar-refractivity contribution in [2.45, 2.75) is 32.2 Å². The van der Waals surface area contributed by atoms with E-state index in [2.05, 4.69) is 0 Å². The minimum absolute atomic E-state index is 0.166. The van der Waals surface area contributed by atoms with Crippen LogP contribution in [-0.2, 0) is 6.54 Å². The van der Waals surface area contributed by atoms with E-state index in [1.165, 1.54) is 12.1 Å². The molecular formula is C28H27ClFNO3. The van der Waals surface area contributed by atoms with Crippen LogP contribution in [0.5, 0.6) is 5.75 Å². The molecule has 1 aromatic heterocycles. The normalized spacial score (nSPS) is 11.6. The highest BCUT2D eigenvalue weighted by molar-refractivity contribution is 6.17. The first-order chi connectivity index (χ1) is 16.6. The Hall–Kier alpha value is -3.31. The number of carboxylic acids is 1. The number of carbonyl (C=O) groups is 1. The summed E-state index contributed by atoms with van der Waals surface area (Å²) in [6, 6.07) is 18.4. The minimum Gasteiger partial charge on any atom is -0.493 e. The van der Waals surface area contributed by atoms with Crippen molar-refractivity contribution in [3.63, 3.8) is 0 Å². The first-order valence-electron chi connectivity index (χ1n) is 11.5. The molecule has 176 valence electrons. The van der Waals surface area contributed by atoms with Gasteiger partial charge in [0, 0.05) is 34.3 Å². The SMILES string of the molecule is O=C(O)c1c(C=CCCCCCl)c2cc(F)ccc2n1CCCOc1cccc2ccccc12. The molecule has 1 N–H and O–H groups in total. The van der Waals surface area contributed by atoms with Crippen molar-refractivity contribution in [1.82, 2.24) is 4.57 Å². The number of hydrogen-bond donors (Lipinski definition) is 1. The fourth-order valence-electron chi connectivity index (χ4n) is 4.27. The second-order valence-electron chi connectivity index (χ2n) is 8.15. The largest absolute Gasteiger partial charge is 0.493 e. The van der Waals surface area contributed by atoms with Gasteiger partial charge in [-0.05, 0) is 55.3 Å². The fraction of sp³-hybridized carbons (Fsp3) is 0.250. The van der Waals surface area contributed by atoms with Crippen LogP contribution in [0.1, 0.15) is 41.7 Å². The van der Waals surface area contributed by atoms with Crippen LogP contribution in [0, 0.1) is 5.82 Å². The van der Waals surface area contributed by atoms with E-state index in [1.54, 1.807) is 16.7 Å². The Morgan fingerprint density at radius 1 is 1.03 bits per heavy atom. The Bertz CT molecular complexity index is 1320. The molecule has 0 amide bonds. The Morgan fingerprint density at radius 3 is 2.68 bits per heavy atom. The van der Waals surface area contributed by atoms with E-state index < -0.39 is 11.8 Å². The lowest BCUT2D eigenvalue weighted by Crippen LogP contribution is -2.12. The smallest absolute Gasteiger partial charge is 0.353 e. The van der Waals surface area contributed by atoms with E-state index in [0.29, 0.717) is 41.9 Å². The third-order valence-electron chi connectivity index (χ3n) is 5.84. The predicted molar refractivity (Wildman–Crippen MR) is 137 cm³/mol. The molecule has 3 aromatic carbocycles. The molecule has 0 aliphatic heterocycles. The summed E-state index contributed by atoms with van der Waals surface area (Å²) in [5.41, 5.74) is 1.39. The topological polar surface area (TPSA) is 51.5 Å². The van der Waals surface area contributed by atoms with Crippen LogP contribution in [-0.4, -0.2) is 28.1 Å². The molecule has 0 aliphatic carbocycles. The van der Waals surface area contributed by atoms with Gasteiger partial charge in [-0.3, -0.25) is 0 Å². The van der Waals surface area contributed by atoms with Crippen molar-refractivity contribution in [3.8, 4) is 5.75 Å². The van der Waals surface area contributed by atoms with E-state index in [0.717, 1.165) is 35.8 Å². The van der Waals surface area contributed by atoms with E-state index in [4.69, 9.17) is 16.3 Å². The van der Waals surface area contributed by atoms with E-state index in [1.807, 2.05) is 48.5 Å². The summed E-state index contributed by atoms with van der Waals surface area (Å²) in [5.74, 6) is -0.0271. The lowest BCUT2D eigenvalue weighted by atomic mass is 10.1. The highest BCUT2D eigenvalue weighted by atomic mass is 35.5.